The van der Waals surface area contributed by atoms with Crippen molar-refractivity contribution in [2.45, 2.75) is 0 Å². The van der Waals surface area contributed by atoms with Gasteiger partial charge in [0.25, 0.3) is 0 Å². The molecule has 0 radical (unpaired) electrons. The maximum atomic E-state index is 15.1. The van der Waals surface area contributed by atoms with E-state index in [2.05, 4.69) is 19.9 Å². The van der Waals surface area contributed by atoms with Crippen molar-refractivity contribution in [1.82, 2.24) is 19.9 Å². The molecule has 0 saturated heterocycles. The van der Waals surface area contributed by atoms with Crippen LogP contribution in [0.1, 0.15) is 0 Å². The van der Waals surface area contributed by atoms with Crippen LogP contribution in [0, 0.1) is 0 Å². The number of hydrogen-bond acceptors (Lipinski definition) is 6. The molecule has 5 aromatic rings. The summed E-state index contributed by atoms with van der Waals surface area (Å²) >= 11 is 0. The first-order chi connectivity index (χ1) is 16.6. The Morgan fingerprint density at radius 2 is 0.647 bits per heavy atom. The van der Waals surface area contributed by atoms with Gasteiger partial charge in [0, 0.05) is 35.4 Å². The van der Waals surface area contributed by atoms with Crippen molar-refractivity contribution in [3.63, 3.8) is 0 Å². The summed E-state index contributed by atoms with van der Waals surface area (Å²) < 4.78 is 30.1. The number of pyridine rings is 4. The molecule has 0 aliphatic rings. The Morgan fingerprint density at radius 3 is 0.882 bits per heavy atom. The van der Waals surface area contributed by atoms with Crippen molar-refractivity contribution < 1.29 is 9.13 Å². The molecule has 34 heavy (non-hydrogen) atoms. The Bertz CT molecular complexity index is 1300. The van der Waals surface area contributed by atoms with E-state index in [1.54, 1.807) is 122 Å². The molecule has 4 heterocycles. The van der Waals surface area contributed by atoms with Crippen LogP contribution in [0.3, 0.4) is 0 Å². The van der Waals surface area contributed by atoms with Crippen LogP contribution in [0.25, 0.3) is 0 Å². The molecule has 0 aliphatic carbocycles. The summed E-state index contributed by atoms with van der Waals surface area (Å²) in [4.78, 5) is 17.8. The average Bonchev–Trinajstić information content (AvgIpc) is 2.94. The smallest absolute Gasteiger partial charge is 0.206 e. The highest BCUT2D eigenvalue weighted by Crippen LogP contribution is 2.47. The summed E-state index contributed by atoms with van der Waals surface area (Å²) in [7, 11) is -7.20. The van der Waals surface area contributed by atoms with E-state index in [1.807, 2.05) is 0 Å². The molecule has 4 aromatic heterocycles. The second-order valence-corrected chi connectivity index (χ2v) is 12.7. The van der Waals surface area contributed by atoms with Crippen molar-refractivity contribution in [3.8, 4) is 0 Å². The van der Waals surface area contributed by atoms with Gasteiger partial charge in [0.05, 0.1) is 0 Å². The quantitative estimate of drug-likeness (QED) is 0.346. The molecule has 0 N–H and O–H groups in total. The third kappa shape index (κ3) is 3.71. The largest absolute Gasteiger partial charge is 0.305 e. The fourth-order valence-electron chi connectivity index (χ4n) is 3.89. The van der Waals surface area contributed by atoms with Gasteiger partial charge in [-0.05, 0) is 60.7 Å². The number of benzene rings is 1. The highest BCUT2D eigenvalue weighted by atomic mass is 31.2. The summed E-state index contributed by atoms with van der Waals surface area (Å²) in [5.41, 5.74) is 1.48. The lowest BCUT2D eigenvalue weighted by Crippen LogP contribution is -2.40. The number of rotatable bonds is 6. The van der Waals surface area contributed by atoms with Gasteiger partial charge in [-0.1, -0.05) is 36.4 Å². The first kappa shape index (κ1) is 22.1. The van der Waals surface area contributed by atoms with Crippen LogP contribution in [0.5, 0.6) is 0 Å². The predicted molar refractivity (Wildman–Crippen MR) is 136 cm³/mol. The Labute approximate surface area is 197 Å². The van der Waals surface area contributed by atoms with Gasteiger partial charge >= 0.3 is 0 Å². The molecule has 0 fully saturated rings. The Morgan fingerprint density at radius 1 is 0.382 bits per heavy atom. The molecule has 0 spiro atoms. The van der Waals surface area contributed by atoms with Crippen LogP contribution >= 0.6 is 14.3 Å². The van der Waals surface area contributed by atoms with Crippen molar-refractivity contribution >= 4 is 46.6 Å². The summed E-state index contributed by atoms with van der Waals surface area (Å²) in [5.74, 6) is 0. The molecule has 5 rings (SSSR count). The minimum Gasteiger partial charge on any atom is -0.305 e. The minimum atomic E-state index is -3.60. The molecule has 1 aromatic carbocycles. The first-order valence-electron chi connectivity index (χ1n) is 10.6. The number of nitrogens with zero attached hydrogens (tertiary/aromatic N) is 4. The summed E-state index contributed by atoms with van der Waals surface area (Å²) in [5, 5.41) is 0.819. The third-order valence-corrected chi connectivity index (χ3v) is 11.4. The normalized spacial score (nSPS) is 11.8. The zero-order chi connectivity index (χ0) is 23.4. The molecule has 0 unspecified atom stereocenters. The fraction of sp³-hybridized carbons (Fsp3) is 0. The number of aromatic nitrogens is 4. The van der Waals surface area contributed by atoms with Crippen LogP contribution in [0.4, 0.5) is 0 Å². The van der Waals surface area contributed by atoms with Crippen LogP contribution in [0.2, 0.25) is 0 Å². The zero-order valence-electron chi connectivity index (χ0n) is 18.0. The maximum absolute atomic E-state index is 15.1. The van der Waals surface area contributed by atoms with E-state index in [0.717, 1.165) is 0 Å². The van der Waals surface area contributed by atoms with Crippen molar-refractivity contribution in [3.05, 3.63) is 122 Å². The van der Waals surface area contributed by atoms with Gasteiger partial charge in [-0.2, -0.15) is 0 Å². The molecule has 0 saturated carbocycles. The zero-order valence-corrected chi connectivity index (χ0v) is 19.8. The Hall–Kier alpha value is -3.72. The van der Waals surface area contributed by atoms with Crippen LogP contribution < -0.4 is 32.3 Å². The van der Waals surface area contributed by atoms with Crippen molar-refractivity contribution in [2.24, 2.45) is 0 Å². The lowest BCUT2D eigenvalue weighted by atomic mass is 10.4. The lowest BCUT2D eigenvalue weighted by Gasteiger charge is -2.25. The van der Waals surface area contributed by atoms with E-state index in [9.17, 15) is 0 Å². The van der Waals surface area contributed by atoms with E-state index >= 15 is 9.13 Å². The molecule has 0 atom stereocenters. The molecule has 0 bridgehead atoms. The van der Waals surface area contributed by atoms with E-state index in [4.69, 9.17) is 0 Å². The summed E-state index contributed by atoms with van der Waals surface area (Å²) in [6, 6.07) is 28.2. The van der Waals surface area contributed by atoms with Crippen molar-refractivity contribution in [2.75, 3.05) is 0 Å². The summed E-state index contributed by atoms with van der Waals surface area (Å²) in [6.45, 7) is 0. The monoisotopic (exact) mass is 482 g/mol. The predicted octanol–water partition coefficient (Wildman–Crippen LogP) is 2.55. The van der Waals surface area contributed by atoms with Gasteiger partial charge in [0.15, 0.2) is 0 Å². The Kier molecular flexibility index (Phi) is 6.02. The number of hydrogen-bond donors (Lipinski definition) is 0. The molecular weight excluding hydrogens is 462 g/mol. The minimum absolute atomic E-state index is 0.370. The molecule has 0 aliphatic heterocycles. The van der Waals surface area contributed by atoms with Crippen LogP contribution in [-0.4, -0.2) is 19.9 Å². The highest BCUT2D eigenvalue weighted by molar-refractivity contribution is 7.90. The SMILES string of the molecule is O=P(c1ccccn1)(c1ccccn1)c1ccccc1P(=O)(c1ccccn1)c1ccccn1. The second-order valence-electron chi connectivity index (χ2n) is 7.46. The van der Waals surface area contributed by atoms with E-state index < -0.39 is 14.3 Å². The van der Waals surface area contributed by atoms with E-state index in [1.165, 1.54) is 0 Å². The Balaban J connectivity index is 1.87. The topological polar surface area (TPSA) is 85.7 Å². The van der Waals surface area contributed by atoms with Gasteiger partial charge in [-0.25, -0.2) is 0 Å². The van der Waals surface area contributed by atoms with Gasteiger partial charge < -0.3 is 9.13 Å². The molecule has 6 nitrogen and oxygen atoms in total. The van der Waals surface area contributed by atoms with Gasteiger partial charge in [0.1, 0.15) is 21.7 Å². The van der Waals surface area contributed by atoms with Gasteiger partial charge in [-0.15, -0.1) is 0 Å². The standard InChI is InChI=1S/C26H20N4O2P2/c31-33(23-13-3-7-17-27-23,24-14-4-8-18-28-24)21-11-1-2-12-22(21)34(32,25-15-5-9-19-29-25)26-16-6-10-20-30-26/h1-20H. The van der Waals surface area contributed by atoms with E-state index in [0.29, 0.717) is 32.3 Å². The average molecular weight is 482 g/mol. The van der Waals surface area contributed by atoms with Gasteiger partial charge in [0.2, 0.25) is 14.3 Å². The molecule has 166 valence electrons. The first-order valence-corrected chi connectivity index (χ1v) is 14.0. The van der Waals surface area contributed by atoms with E-state index in [-0.39, 0.29) is 0 Å². The van der Waals surface area contributed by atoms with Crippen molar-refractivity contribution in [1.29, 1.82) is 0 Å². The lowest BCUT2D eigenvalue weighted by molar-refractivity contribution is 0.589. The second kappa shape index (κ2) is 9.26. The fourth-order valence-corrected chi connectivity index (χ4v) is 9.67. The van der Waals surface area contributed by atoms with Crippen LogP contribution in [0.15, 0.2) is 122 Å². The summed E-state index contributed by atoms with van der Waals surface area (Å²) in [6.07, 6.45) is 6.41. The maximum Gasteiger partial charge on any atom is 0.206 e. The van der Waals surface area contributed by atoms with Gasteiger partial charge in [-0.3, -0.25) is 19.9 Å². The third-order valence-electron chi connectivity index (χ3n) is 5.45. The highest BCUT2D eigenvalue weighted by Gasteiger charge is 2.42. The molecular formula is C26H20N4O2P2. The molecule has 0 amide bonds. The molecule has 8 heteroatoms. The van der Waals surface area contributed by atoms with Crippen LogP contribution in [-0.2, 0) is 9.13 Å².